The molecule has 0 unspecified atom stereocenters. The van der Waals surface area contributed by atoms with Crippen molar-refractivity contribution in [2.24, 2.45) is 0 Å². The van der Waals surface area contributed by atoms with Gasteiger partial charge in [0.1, 0.15) is 9.88 Å². The van der Waals surface area contributed by atoms with Crippen LogP contribution < -0.4 is 24.3 Å². The van der Waals surface area contributed by atoms with E-state index in [4.69, 9.17) is 18.9 Å². The molecule has 2 aromatic carbocycles. The Bertz CT molecular complexity index is 1160. The molecule has 0 bridgehead atoms. The lowest BCUT2D eigenvalue weighted by atomic mass is 10.1. The van der Waals surface area contributed by atoms with Crippen LogP contribution in [0.5, 0.6) is 23.0 Å². The Morgan fingerprint density at radius 2 is 1.50 bits per heavy atom. The number of carbonyl (C=O) groups excluding carboxylic acids is 1. The lowest BCUT2D eigenvalue weighted by molar-refractivity contribution is -0.141. The molecule has 0 spiro atoms. The first kappa shape index (κ1) is 25.2. The number of rotatable bonds is 9. The fourth-order valence-corrected chi connectivity index (χ4v) is 4.19. The molecule has 0 fully saturated rings. The SMILES string of the molecule is COc1ccc(CCNC(=O)c2sc(-c3ccc(OC)c(OC)c3)nc2C(F)(F)F)cc1OC. The van der Waals surface area contributed by atoms with Gasteiger partial charge >= 0.3 is 6.18 Å². The van der Waals surface area contributed by atoms with Gasteiger partial charge in [-0.15, -0.1) is 11.3 Å². The van der Waals surface area contributed by atoms with Crippen LogP contribution in [0.4, 0.5) is 13.2 Å². The normalized spacial score (nSPS) is 11.1. The van der Waals surface area contributed by atoms with E-state index in [1.807, 2.05) is 0 Å². The molecular formula is C23H23F3N2O5S. The van der Waals surface area contributed by atoms with Gasteiger partial charge < -0.3 is 24.3 Å². The van der Waals surface area contributed by atoms with Crippen molar-refractivity contribution in [3.8, 4) is 33.6 Å². The van der Waals surface area contributed by atoms with Crippen molar-refractivity contribution in [2.45, 2.75) is 12.6 Å². The Hall–Kier alpha value is -3.47. The Balaban J connectivity index is 1.80. The zero-order chi connectivity index (χ0) is 24.9. The van der Waals surface area contributed by atoms with Crippen LogP contribution in [0.25, 0.3) is 10.6 Å². The van der Waals surface area contributed by atoms with E-state index in [1.54, 1.807) is 30.3 Å². The summed E-state index contributed by atoms with van der Waals surface area (Å²) in [6.07, 6.45) is -4.41. The average molecular weight is 497 g/mol. The fourth-order valence-electron chi connectivity index (χ4n) is 3.20. The number of halogens is 3. The summed E-state index contributed by atoms with van der Waals surface area (Å²) >= 11 is 0.661. The first-order valence-corrected chi connectivity index (χ1v) is 10.8. The number of nitrogens with one attached hydrogen (secondary N) is 1. The second-order valence-electron chi connectivity index (χ2n) is 6.96. The van der Waals surface area contributed by atoms with Gasteiger partial charge in [0.15, 0.2) is 28.7 Å². The maximum Gasteiger partial charge on any atom is 0.435 e. The van der Waals surface area contributed by atoms with E-state index in [0.29, 0.717) is 46.3 Å². The molecule has 3 rings (SSSR count). The molecule has 0 aliphatic carbocycles. The number of nitrogens with zero attached hydrogens (tertiary/aromatic N) is 1. The second kappa shape index (κ2) is 10.6. The minimum atomic E-state index is -4.79. The van der Waals surface area contributed by atoms with Crippen LogP contribution in [0.2, 0.25) is 0 Å². The summed E-state index contributed by atoms with van der Waals surface area (Å²) in [6, 6.07) is 9.88. The number of thiazole rings is 1. The van der Waals surface area contributed by atoms with Crippen molar-refractivity contribution in [1.29, 1.82) is 0 Å². The highest BCUT2D eigenvalue weighted by atomic mass is 32.1. The molecule has 1 amide bonds. The molecule has 0 aliphatic rings. The quantitative estimate of drug-likeness (QED) is 0.457. The highest BCUT2D eigenvalue weighted by Crippen LogP contribution is 2.40. The lowest BCUT2D eigenvalue weighted by Gasteiger charge is -2.10. The summed E-state index contributed by atoms with van der Waals surface area (Å²) < 4.78 is 61.7. The third-order valence-corrected chi connectivity index (χ3v) is 5.98. The summed E-state index contributed by atoms with van der Waals surface area (Å²) in [5, 5.41) is 2.59. The van der Waals surface area contributed by atoms with Crippen molar-refractivity contribution in [1.82, 2.24) is 10.3 Å². The van der Waals surface area contributed by atoms with E-state index >= 15 is 0 Å². The molecule has 1 aromatic heterocycles. The van der Waals surface area contributed by atoms with Gasteiger partial charge in [0, 0.05) is 12.1 Å². The Morgan fingerprint density at radius 3 is 2.09 bits per heavy atom. The van der Waals surface area contributed by atoms with E-state index in [9.17, 15) is 18.0 Å². The summed E-state index contributed by atoms with van der Waals surface area (Å²) in [5.41, 5.74) is -0.0345. The maximum atomic E-state index is 13.6. The van der Waals surface area contributed by atoms with Crippen LogP contribution in [0.1, 0.15) is 20.9 Å². The molecule has 1 heterocycles. The number of ether oxygens (including phenoxy) is 4. The minimum Gasteiger partial charge on any atom is -0.493 e. The molecule has 1 N–H and O–H groups in total. The monoisotopic (exact) mass is 496 g/mol. The highest BCUT2D eigenvalue weighted by Gasteiger charge is 2.39. The second-order valence-corrected chi connectivity index (χ2v) is 7.96. The first-order valence-electron chi connectivity index (χ1n) is 10.0. The number of carbonyl (C=O) groups is 1. The van der Waals surface area contributed by atoms with Crippen molar-refractivity contribution in [3.63, 3.8) is 0 Å². The standard InChI is InChI=1S/C23H23F3N2O5S/c1-30-15-7-5-13(11-17(15)32-3)9-10-27-21(29)19-20(23(24,25)26)28-22(34-19)14-6-8-16(31-2)18(12-14)33-4/h5-8,11-12H,9-10H2,1-4H3,(H,27,29). The minimum absolute atomic E-state index is 0.0401. The third-order valence-electron chi connectivity index (χ3n) is 4.88. The molecule has 11 heteroatoms. The van der Waals surface area contributed by atoms with Crippen LogP contribution in [-0.2, 0) is 12.6 Å². The fraction of sp³-hybridized carbons (Fsp3) is 0.304. The Morgan fingerprint density at radius 1 is 0.912 bits per heavy atom. The van der Waals surface area contributed by atoms with Gasteiger partial charge in [-0.1, -0.05) is 6.07 Å². The molecule has 0 radical (unpaired) electrons. The zero-order valence-electron chi connectivity index (χ0n) is 18.9. The summed E-state index contributed by atoms with van der Waals surface area (Å²) in [6.45, 7) is 0.120. The summed E-state index contributed by atoms with van der Waals surface area (Å²) in [7, 11) is 5.89. The Labute approximate surface area is 198 Å². The van der Waals surface area contributed by atoms with E-state index in [1.165, 1.54) is 34.5 Å². The van der Waals surface area contributed by atoms with E-state index in [0.717, 1.165) is 5.56 Å². The highest BCUT2D eigenvalue weighted by molar-refractivity contribution is 7.17. The average Bonchev–Trinajstić information content (AvgIpc) is 3.30. The molecule has 0 atom stereocenters. The largest absolute Gasteiger partial charge is 0.493 e. The van der Waals surface area contributed by atoms with Crippen molar-refractivity contribution in [2.75, 3.05) is 35.0 Å². The van der Waals surface area contributed by atoms with Gasteiger partial charge in [-0.05, 0) is 42.3 Å². The number of methoxy groups -OCH3 is 4. The summed E-state index contributed by atoms with van der Waals surface area (Å²) in [5.74, 6) is 0.985. The molecule has 182 valence electrons. The Kier molecular flexibility index (Phi) is 7.87. The van der Waals surface area contributed by atoms with E-state index in [2.05, 4.69) is 10.3 Å². The van der Waals surface area contributed by atoms with Crippen LogP contribution in [0.15, 0.2) is 36.4 Å². The lowest BCUT2D eigenvalue weighted by Crippen LogP contribution is -2.27. The van der Waals surface area contributed by atoms with Crippen molar-refractivity contribution < 1.29 is 36.9 Å². The van der Waals surface area contributed by atoms with Crippen molar-refractivity contribution in [3.05, 3.63) is 52.5 Å². The van der Waals surface area contributed by atoms with E-state index < -0.39 is 22.7 Å². The first-order chi connectivity index (χ1) is 16.2. The van der Waals surface area contributed by atoms with Gasteiger partial charge in [-0.2, -0.15) is 13.2 Å². The van der Waals surface area contributed by atoms with Crippen LogP contribution >= 0.6 is 11.3 Å². The molecular weight excluding hydrogens is 473 g/mol. The van der Waals surface area contributed by atoms with Crippen LogP contribution in [-0.4, -0.2) is 45.9 Å². The smallest absolute Gasteiger partial charge is 0.435 e. The molecule has 0 aliphatic heterocycles. The van der Waals surface area contributed by atoms with E-state index in [-0.39, 0.29) is 11.6 Å². The van der Waals surface area contributed by atoms with Gasteiger partial charge in [-0.3, -0.25) is 4.79 Å². The molecule has 7 nitrogen and oxygen atoms in total. The maximum absolute atomic E-state index is 13.6. The van der Waals surface area contributed by atoms with Crippen LogP contribution in [0.3, 0.4) is 0 Å². The van der Waals surface area contributed by atoms with Gasteiger partial charge in [0.05, 0.1) is 28.4 Å². The predicted molar refractivity (Wildman–Crippen MR) is 121 cm³/mol. The van der Waals surface area contributed by atoms with Crippen LogP contribution in [0, 0.1) is 0 Å². The molecule has 3 aromatic rings. The topological polar surface area (TPSA) is 78.9 Å². The number of amides is 1. The van der Waals surface area contributed by atoms with Gasteiger partial charge in [-0.25, -0.2) is 4.98 Å². The molecule has 34 heavy (non-hydrogen) atoms. The number of aromatic nitrogens is 1. The molecule has 0 saturated carbocycles. The number of alkyl halides is 3. The summed E-state index contributed by atoms with van der Waals surface area (Å²) in [4.78, 5) is 15.9. The third kappa shape index (κ3) is 5.53. The molecule has 0 saturated heterocycles. The van der Waals surface area contributed by atoms with Gasteiger partial charge in [0.2, 0.25) is 0 Å². The number of hydrogen-bond acceptors (Lipinski definition) is 7. The van der Waals surface area contributed by atoms with Gasteiger partial charge in [0.25, 0.3) is 5.91 Å². The number of hydrogen-bond donors (Lipinski definition) is 1. The zero-order valence-corrected chi connectivity index (χ0v) is 19.7. The predicted octanol–water partition coefficient (Wildman–Crippen LogP) is 4.84. The van der Waals surface area contributed by atoms with Crippen molar-refractivity contribution >= 4 is 17.2 Å². The number of benzene rings is 2.